The summed E-state index contributed by atoms with van der Waals surface area (Å²) in [6.45, 7) is 2.32. The quantitative estimate of drug-likeness (QED) is 0.294. The predicted octanol–water partition coefficient (Wildman–Crippen LogP) is 5.82. The van der Waals surface area contributed by atoms with Crippen molar-refractivity contribution in [3.8, 4) is 28.7 Å². The fraction of sp³-hybridized carbons (Fsp3) is 0.129. The first-order valence-corrected chi connectivity index (χ1v) is 12.6. The molecule has 3 heterocycles. The summed E-state index contributed by atoms with van der Waals surface area (Å²) in [5.41, 5.74) is 2.60. The third-order valence-electron chi connectivity index (χ3n) is 6.71. The summed E-state index contributed by atoms with van der Waals surface area (Å²) in [6, 6.07) is 18.4. The van der Waals surface area contributed by atoms with Gasteiger partial charge in [-0.2, -0.15) is 0 Å². The van der Waals surface area contributed by atoms with Gasteiger partial charge in [-0.25, -0.2) is 4.39 Å². The summed E-state index contributed by atoms with van der Waals surface area (Å²) in [5.74, 6) is -0.164. The van der Waals surface area contributed by atoms with E-state index in [0.29, 0.717) is 41.1 Å². The molecule has 0 fully saturated rings. The molecule has 1 N–H and O–H groups in total. The van der Waals surface area contributed by atoms with Crippen molar-refractivity contribution in [3.63, 3.8) is 0 Å². The maximum absolute atomic E-state index is 15.1. The Balaban J connectivity index is 1.29. The first-order valence-electron chi connectivity index (χ1n) is 12.6. The van der Waals surface area contributed by atoms with E-state index in [9.17, 15) is 9.59 Å². The molecule has 0 saturated carbocycles. The van der Waals surface area contributed by atoms with Crippen LogP contribution in [0.2, 0.25) is 0 Å². The molecular formula is C31H24FN3O5. The number of halogens is 1. The van der Waals surface area contributed by atoms with Gasteiger partial charge < -0.3 is 19.5 Å². The summed E-state index contributed by atoms with van der Waals surface area (Å²) in [4.78, 5) is 31.1. The number of pyridine rings is 2. The summed E-state index contributed by atoms with van der Waals surface area (Å²) in [7, 11) is 1.55. The number of anilines is 1. The average molecular weight is 538 g/mol. The number of carbonyl (C=O) groups is 1. The molecule has 6 rings (SSSR count). The normalized spacial score (nSPS) is 12.1. The van der Waals surface area contributed by atoms with Crippen molar-refractivity contribution in [2.45, 2.75) is 13.3 Å². The lowest BCUT2D eigenvalue weighted by atomic mass is 10.1. The molecule has 1 amide bonds. The number of amides is 1. The molecule has 40 heavy (non-hydrogen) atoms. The average Bonchev–Trinajstić information content (AvgIpc) is 3.42. The lowest BCUT2D eigenvalue weighted by Gasteiger charge is -2.14. The largest absolute Gasteiger partial charge is 0.497 e. The van der Waals surface area contributed by atoms with E-state index in [1.54, 1.807) is 43.8 Å². The standard InChI is InChI=1S/C31H24FN3O5/c1-18-3-6-21(7-4-18)35-17-19-12-14-39-29(19)28(31(35)37)30(36)34-20-5-10-27(24(32)15-20)40-26-11-13-33-25-9-8-22(38-2)16-23(25)26/h3-11,13,15-17H,12,14H2,1-2H3,(H,34,36). The summed E-state index contributed by atoms with van der Waals surface area (Å²) in [6.07, 6.45) is 3.84. The van der Waals surface area contributed by atoms with Crippen molar-refractivity contribution in [2.24, 2.45) is 0 Å². The highest BCUT2D eigenvalue weighted by molar-refractivity contribution is 6.06. The maximum Gasteiger partial charge on any atom is 0.271 e. The first-order chi connectivity index (χ1) is 19.4. The van der Waals surface area contributed by atoms with Crippen LogP contribution in [0.15, 0.2) is 83.9 Å². The van der Waals surface area contributed by atoms with Crippen LogP contribution in [0.3, 0.4) is 0 Å². The van der Waals surface area contributed by atoms with Gasteiger partial charge in [0.25, 0.3) is 11.5 Å². The zero-order chi connectivity index (χ0) is 27.8. The molecule has 9 heteroatoms. The van der Waals surface area contributed by atoms with Gasteiger partial charge in [-0.05, 0) is 55.5 Å². The number of hydrogen-bond donors (Lipinski definition) is 1. The molecule has 8 nitrogen and oxygen atoms in total. The van der Waals surface area contributed by atoms with E-state index in [0.717, 1.165) is 17.2 Å². The Bertz CT molecular complexity index is 1830. The van der Waals surface area contributed by atoms with Crippen molar-refractivity contribution in [2.75, 3.05) is 19.0 Å². The Morgan fingerprint density at radius 2 is 1.88 bits per heavy atom. The zero-order valence-electron chi connectivity index (χ0n) is 21.7. The second-order valence-corrected chi connectivity index (χ2v) is 9.36. The van der Waals surface area contributed by atoms with Crippen LogP contribution in [0.1, 0.15) is 21.5 Å². The second-order valence-electron chi connectivity index (χ2n) is 9.36. The highest BCUT2D eigenvalue weighted by Crippen LogP contribution is 2.34. The molecule has 0 radical (unpaired) electrons. The fourth-order valence-electron chi connectivity index (χ4n) is 4.64. The maximum atomic E-state index is 15.1. The van der Waals surface area contributed by atoms with E-state index in [1.807, 2.05) is 31.2 Å². The van der Waals surface area contributed by atoms with Crippen LogP contribution in [0.5, 0.6) is 23.0 Å². The van der Waals surface area contributed by atoms with Gasteiger partial charge in [0.05, 0.1) is 19.2 Å². The molecule has 3 aromatic carbocycles. The van der Waals surface area contributed by atoms with Gasteiger partial charge in [-0.1, -0.05) is 17.7 Å². The van der Waals surface area contributed by atoms with Gasteiger partial charge in [0, 0.05) is 47.2 Å². The summed E-state index contributed by atoms with van der Waals surface area (Å²) in [5, 5.41) is 3.29. The molecule has 0 spiro atoms. The monoisotopic (exact) mass is 537 g/mol. The molecule has 0 unspecified atom stereocenters. The number of rotatable bonds is 6. The van der Waals surface area contributed by atoms with Crippen LogP contribution in [0, 0.1) is 12.7 Å². The Morgan fingerprint density at radius 3 is 2.65 bits per heavy atom. The topological polar surface area (TPSA) is 91.7 Å². The highest BCUT2D eigenvalue weighted by atomic mass is 19.1. The minimum Gasteiger partial charge on any atom is -0.497 e. The molecule has 0 atom stereocenters. The first kappa shape index (κ1) is 25.1. The highest BCUT2D eigenvalue weighted by Gasteiger charge is 2.27. The Morgan fingerprint density at radius 1 is 1.05 bits per heavy atom. The second kappa shape index (κ2) is 10.2. The van der Waals surface area contributed by atoms with Crippen LogP contribution in [-0.4, -0.2) is 29.2 Å². The number of ether oxygens (including phenoxy) is 3. The smallest absolute Gasteiger partial charge is 0.271 e. The minimum atomic E-state index is -0.697. The number of aromatic nitrogens is 2. The number of hydrogen-bond acceptors (Lipinski definition) is 6. The lowest BCUT2D eigenvalue weighted by molar-refractivity contribution is 0.102. The number of carbonyl (C=O) groups excluding carboxylic acids is 1. The van der Waals surface area contributed by atoms with Crippen molar-refractivity contribution < 1.29 is 23.4 Å². The fourth-order valence-corrected chi connectivity index (χ4v) is 4.64. The van der Waals surface area contributed by atoms with Crippen LogP contribution in [-0.2, 0) is 6.42 Å². The number of nitrogens with one attached hydrogen (secondary N) is 1. The molecule has 0 aliphatic carbocycles. The van der Waals surface area contributed by atoms with Crippen molar-refractivity contribution in [1.29, 1.82) is 0 Å². The van der Waals surface area contributed by atoms with E-state index in [2.05, 4.69) is 10.3 Å². The Kier molecular flexibility index (Phi) is 6.39. The summed E-state index contributed by atoms with van der Waals surface area (Å²) >= 11 is 0. The van der Waals surface area contributed by atoms with E-state index >= 15 is 4.39 Å². The van der Waals surface area contributed by atoms with Gasteiger partial charge in [-0.15, -0.1) is 0 Å². The van der Waals surface area contributed by atoms with Gasteiger partial charge in [0.2, 0.25) is 0 Å². The van der Waals surface area contributed by atoms with Crippen molar-refractivity contribution >= 4 is 22.5 Å². The minimum absolute atomic E-state index is 0.0426. The van der Waals surface area contributed by atoms with E-state index < -0.39 is 17.3 Å². The van der Waals surface area contributed by atoms with E-state index in [-0.39, 0.29) is 22.7 Å². The van der Waals surface area contributed by atoms with Gasteiger partial charge in [0.1, 0.15) is 22.8 Å². The number of aryl methyl sites for hydroxylation is 1. The van der Waals surface area contributed by atoms with Crippen molar-refractivity contribution in [1.82, 2.24) is 9.55 Å². The Hall–Kier alpha value is -5.18. The summed E-state index contributed by atoms with van der Waals surface area (Å²) < 4.78 is 33.4. The zero-order valence-corrected chi connectivity index (χ0v) is 21.7. The number of fused-ring (bicyclic) bond motifs is 2. The Labute approximate surface area is 228 Å². The third kappa shape index (κ3) is 4.62. The van der Waals surface area contributed by atoms with Crippen LogP contribution in [0.4, 0.5) is 10.1 Å². The van der Waals surface area contributed by atoms with E-state index in [4.69, 9.17) is 14.2 Å². The van der Waals surface area contributed by atoms with E-state index in [1.165, 1.54) is 16.7 Å². The van der Waals surface area contributed by atoms with Gasteiger partial charge in [0.15, 0.2) is 11.6 Å². The third-order valence-corrected chi connectivity index (χ3v) is 6.71. The van der Waals surface area contributed by atoms with Crippen LogP contribution >= 0.6 is 0 Å². The number of nitrogens with zero attached hydrogens (tertiary/aromatic N) is 2. The van der Waals surface area contributed by atoms with Crippen LogP contribution < -0.4 is 25.1 Å². The van der Waals surface area contributed by atoms with Crippen LogP contribution in [0.25, 0.3) is 16.6 Å². The molecule has 200 valence electrons. The predicted molar refractivity (Wildman–Crippen MR) is 149 cm³/mol. The molecule has 5 aromatic rings. The molecule has 0 bridgehead atoms. The molecule has 1 aliphatic heterocycles. The lowest BCUT2D eigenvalue weighted by Crippen LogP contribution is -2.29. The molecule has 0 saturated heterocycles. The van der Waals surface area contributed by atoms with Gasteiger partial charge >= 0.3 is 0 Å². The number of methoxy groups -OCH3 is 1. The molecule has 2 aromatic heterocycles. The molecular weight excluding hydrogens is 513 g/mol. The van der Waals surface area contributed by atoms with Crippen molar-refractivity contribution in [3.05, 3.63) is 112 Å². The van der Waals surface area contributed by atoms with Gasteiger partial charge in [-0.3, -0.25) is 19.1 Å². The SMILES string of the molecule is COc1ccc2nccc(Oc3ccc(NC(=O)c4c5c(cn(-c6ccc(C)cc6)c4=O)CCO5)cc3F)c2c1. The number of benzene rings is 3. The molecule has 1 aliphatic rings.